The van der Waals surface area contributed by atoms with Crippen LogP contribution in [0.4, 0.5) is 0 Å². The van der Waals surface area contributed by atoms with Crippen LogP contribution in [-0.2, 0) is 0 Å². The number of fused-ring (bicyclic) bond motifs is 1. The molecule has 0 aromatic carbocycles. The van der Waals surface area contributed by atoms with Gasteiger partial charge in [0, 0.05) is 0 Å². The first-order valence-corrected chi connectivity index (χ1v) is 6.65. The van der Waals surface area contributed by atoms with Crippen molar-refractivity contribution in [1.82, 2.24) is 0 Å². The standard InChI is InChI=1S/C15H24/c1-12-11-13(2)15-10-8-6-4-3-5-7-9-14(12)15/h5,7,9,12-13,15H,3-4,6,8,10-11H2,1-2H3/b7-5+,14-9?. The molecule has 0 aliphatic heterocycles. The Hall–Kier alpha value is -0.520. The second-order valence-electron chi connectivity index (χ2n) is 5.45. The summed E-state index contributed by atoms with van der Waals surface area (Å²) in [6.45, 7) is 4.85. The van der Waals surface area contributed by atoms with Gasteiger partial charge in [-0.25, -0.2) is 0 Å². The van der Waals surface area contributed by atoms with Crippen molar-refractivity contribution in [3.63, 3.8) is 0 Å². The smallest absolute Gasteiger partial charge is 0.0171 e. The molecular weight excluding hydrogens is 180 g/mol. The third-order valence-electron chi connectivity index (χ3n) is 4.22. The van der Waals surface area contributed by atoms with Gasteiger partial charge in [0.2, 0.25) is 0 Å². The Labute approximate surface area is 94.5 Å². The zero-order valence-electron chi connectivity index (χ0n) is 10.2. The van der Waals surface area contributed by atoms with Crippen molar-refractivity contribution in [2.45, 2.75) is 52.4 Å². The summed E-state index contributed by atoms with van der Waals surface area (Å²) < 4.78 is 0. The van der Waals surface area contributed by atoms with Gasteiger partial charge in [-0.1, -0.05) is 50.5 Å². The molecule has 0 aromatic heterocycles. The second-order valence-corrected chi connectivity index (χ2v) is 5.45. The molecule has 3 atom stereocenters. The molecule has 0 bridgehead atoms. The minimum Gasteiger partial charge on any atom is -0.0845 e. The first-order valence-electron chi connectivity index (χ1n) is 6.65. The maximum atomic E-state index is 2.44. The van der Waals surface area contributed by atoms with E-state index < -0.39 is 0 Å². The van der Waals surface area contributed by atoms with Crippen LogP contribution in [0.15, 0.2) is 23.8 Å². The molecule has 1 saturated carbocycles. The zero-order chi connectivity index (χ0) is 10.7. The highest BCUT2D eigenvalue weighted by Crippen LogP contribution is 2.43. The van der Waals surface area contributed by atoms with E-state index in [0.29, 0.717) is 0 Å². The number of hydrogen-bond donors (Lipinski definition) is 0. The molecule has 2 rings (SSSR count). The van der Waals surface area contributed by atoms with Crippen LogP contribution in [0.1, 0.15) is 52.4 Å². The highest BCUT2D eigenvalue weighted by atomic mass is 14.4. The van der Waals surface area contributed by atoms with Gasteiger partial charge in [0.05, 0.1) is 0 Å². The molecule has 3 unspecified atom stereocenters. The van der Waals surface area contributed by atoms with Crippen molar-refractivity contribution in [2.24, 2.45) is 17.8 Å². The second kappa shape index (κ2) is 5.01. The van der Waals surface area contributed by atoms with Crippen molar-refractivity contribution in [3.8, 4) is 0 Å². The fourth-order valence-electron chi connectivity index (χ4n) is 3.37. The molecule has 84 valence electrons. The van der Waals surface area contributed by atoms with Crippen LogP contribution in [0, 0.1) is 17.8 Å². The lowest BCUT2D eigenvalue weighted by Crippen LogP contribution is -2.06. The number of rotatable bonds is 0. The van der Waals surface area contributed by atoms with Gasteiger partial charge in [-0.2, -0.15) is 0 Å². The first-order chi connectivity index (χ1) is 7.29. The Kier molecular flexibility index (Phi) is 3.66. The lowest BCUT2D eigenvalue weighted by atomic mass is 9.87. The van der Waals surface area contributed by atoms with E-state index in [9.17, 15) is 0 Å². The Morgan fingerprint density at radius 2 is 2.00 bits per heavy atom. The Balaban J connectivity index is 2.16. The van der Waals surface area contributed by atoms with Gasteiger partial charge in [-0.05, 0) is 43.4 Å². The normalized spacial score (nSPS) is 39.3. The fraction of sp³-hybridized carbons (Fsp3) is 0.733. The molecule has 2 aliphatic rings. The molecule has 1 fully saturated rings. The van der Waals surface area contributed by atoms with Gasteiger partial charge in [0.25, 0.3) is 0 Å². The molecule has 0 radical (unpaired) electrons. The molecule has 15 heavy (non-hydrogen) atoms. The topological polar surface area (TPSA) is 0 Å². The van der Waals surface area contributed by atoms with Crippen molar-refractivity contribution >= 4 is 0 Å². The molecule has 0 amide bonds. The molecular formula is C15H24. The lowest BCUT2D eigenvalue weighted by Gasteiger charge is -2.18. The van der Waals surface area contributed by atoms with E-state index in [1.165, 1.54) is 38.5 Å². The minimum absolute atomic E-state index is 0.828. The van der Waals surface area contributed by atoms with Crippen molar-refractivity contribution in [3.05, 3.63) is 23.8 Å². The van der Waals surface area contributed by atoms with Gasteiger partial charge >= 0.3 is 0 Å². The quantitative estimate of drug-likeness (QED) is 0.535. The predicted octanol–water partition coefficient (Wildman–Crippen LogP) is 4.73. The summed E-state index contributed by atoms with van der Waals surface area (Å²) in [5.74, 6) is 2.64. The van der Waals surface area contributed by atoms with Gasteiger partial charge in [0.15, 0.2) is 0 Å². The van der Waals surface area contributed by atoms with Crippen LogP contribution in [0.5, 0.6) is 0 Å². The van der Waals surface area contributed by atoms with Crippen molar-refractivity contribution in [1.29, 1.82) is 0 Å². The predicted molar refractivity (Wildman–Crippen MR) is 66.7 cm³/mol. The van der Waals surface area contributed by atoms with Crippen LogP contribution in [-0.4, -0.2) is 0 Å². The molecule has 0 saturated heterocycles. The Bertz CT molecular complexity index is 259. The number of hydrogen-bond acceptors (Lipinski definition) is 0. The van der Waals surface area contributed by atoms with Gasteiger partial charge in [-0.15, -0.1) is 0 Å². The highest BCUT2D eigenvalue weighted by Gasteiger charge is 2.32. The van der Waals surface area contributed by atoms with E-state index in [1.807, 2.05) is 0 Å². The number of allylic oxidation sites excluding steroid dienone is 4. The fourth-order valence-corrected chi connectivity index (χ4v) is 3.37. The van der Waals surface area contributed by atoms with E-state index in [1.54, 1.807) is 5.57 Å². The summed E-state index contributed by atoms with van der Waals surface area (Å²) in [6, 6.07) is 0. The SMILES string of the molecule is CC1CC(C)C2CCCCC/C=C/C=C12. The third-order valence-corrected chi connectivity index (χ3v) is 4.22. The van der Waals surface area contributed by atoms with Gasteiger partial charge in [0.1, 0.15) is 0 Å². The van der Waals surface area contributed by atoms with E-state index in [0.717, 1.165) is 17.8 Å². The lowest BCUT2D eigenvalue weighted by molar-refractivity contribution is 0.410. The molecule has 0 heteroatoms. The maximum Gasteiger partial charge on any atom is -0.0171 e. The summed E-state index contributed by atoms with van der Waals surface area (Å²) in [6.07, 6.45) is 15.4. The van der Waals surface area contributed by atoms with Crippen LogP contribution in [0.2, 0.25) is 0 Å². The van der Waals surface area contributed by atoms with Crippen LogP contribution >= 0.6 is 0 Å². The van der Waals surface area contributed by atoms with E-state index in [2.05, 4.69) is 32.1 Å². The van der Waals surface area contributed by atoms with E-state index >= 15 is 0 Å². The molecule has 0 N–H and O–H groups in total. The summed E-state index contributed by atoms with van der Waals surface area (Å²) >= 11 is 0. The monoisotopic (exact) mass is 204 g/mol. The Morgan fingerprint density at radius 1 is 1.13 bits per heavy atom. The van der Waals surface area contributed by atoms with Crippen LogP contribution in [0.3, 0.4) is 0 Å². The zero-order valence-corrected chi connectivity index (χ0v) is 10.2. The summed E-state index contributed by atoms with van der Waals surface area (Å²) in [4.78, 5) is 0. The van der Waals surface area contributed by atoms with E-state index in [-0.39, 0.29) is 0 Å². The van der Waals surface area contributed by atoms with Crippen molar-refractivity contribution in [2.75, 3.05) is 0 Å². The molecule has 2 aliphatic carbocycles. The average molecular weight is 204 g/mol. The average Bonchev–Trinajstić information content (AvgIpc) is 2.49. The molecule has 0 heterocycles. The van der Waals surface area contributed by atoms with Crippen LogP contribution in [0.25, 0.3) is 0 Å². The van der Waals surface area contributed by atoms with Crippen LogP contribution < -0.4 is 0 Å². The molecule has 0 nitrogen and oxygen atoms in total. The minimum atomic E-state index is 0.828. The summed E-state index contributed by atoms with van der Waals surface area (Å²) in [7, 11) is 0. The first kappa shape index (κ1) is 11.0. The molecule has 0 spiro atoms. The maximum absolute atomic E-state index is 2.44. The third kappa shape index (κ3) is 2.53. The van der Waals surface area contributed by atoms with Gasteiger partial charge in [-0.3, -0.25) is 0 Å². The van der Waals surface area contributed by atoms with Gasteiger partial charge < -0.3 is 0 Å². The van der Waals surface area contributed by atoms with Crippen molar-refractivity contribution < 1.29 is 0 Å². The molecule has 0 aromatic rings. The summed E-state index contributed by atoms with van der Waals surface area (Å²) in [5, 5.41) is 0. The highest BCUT2D eigenvalue weighted by molar-refractivity contribution is 5.22. The van der Waals surface area contributed by atoms with E-state index in [4.69, 9.17) is 0 Å². The summed E-state index contributed by atoms with van der Waals surface area (Å²) in [5.41, 5.74) is 1.74. The largest absolute Gasteiger partial charge is 0.0845 e. The Morgan fingerprint density at radius 3 is 2.87 bits per heavy atom.